The second-order valence-electron chi connectivity index (χ2n) is 6.63. The molecule has 0 bridgehead atoms. The van der Waals surface area contributed by atoms with Crippen LogP contribution >= 0.6 is 0 Å². The largest absolute Gasteiger partial charge is 0.430 e. The fourth-order valence-electron chi connectivity index (χ4n) is 3.19. The van der Waals surface area contributed by atoms with Crippen LogP contribution < -0.4 is 10.5 Å². The fraction of sp³-hybridized carbons (Fsp3) is 0.273. The van der Waals surface area contributed by atoms with Gasteiger partial charge in [0.1, 0.15) is 11.3 Å². The van der Waals surface area contributed by atoms with Crippen LogP contribution in [-0.4, -0.2) is 30.6 Å². The number of ether oxygens (including phenoxy) is 1. The highest BCUT2D eigenvalue weighted by Gasteiger charge is 2.36. The number of nitrogens with zero attached hydrogens (tertiary/aromatic N) is 1. The summed E-state index contributed by atoms with van der Waals surface area (Å²) in [7, 11) is 0. The quantitative estimate of drug-likeness (QED) is 0.321. The molecule has 0 N–H and O–H groups in total. The maximum Gasteiger partial charge on any atom is 0.343 e. The summed E-state index contributed by atoms with van der Waals surface area (Å²) in [5, 5.41) is 0.694. The van der Waals surface area contributed by atoms with Crippen LogP contribution in [0.5, 0.6) is 0 Å². The Morgan fingerprint density at radius 2 is 1.86 bits per heavy atom. The lowest BCUT2D eigenvalue weighted by Crippen LogP contribution is -2.34. The molecule has 0 fully saturated rings. The van der Waals surface area contributed by atoms with Crippen molar-refractivity contribution in [3.8, 4) is 0 Å². The number of ketones is 2. The van der Waals surface area contributed by atoms with Gasteiger partial charge in [-0.3, -0.25) is 14.4 Å². The number of fused-ring (bicyclic) bond motifs is 1. The van der Waals surface area contributed by atoms with E-state index in [0.29, 0.717) is 11.0 Å². The van der Waals surface area contributed by atoms with Crippen LogP contribution in [0, 0.1) is 5.92 Å². The molecule has 2 aromatic rings. The zero-order chi connectivity index (χ0) is 21.1. The molecule has 0 saturated carbocycles. The molecule has 0 spiro atoms. The highest BCUT2D eigenvalue weighted by Crippen LogP contribution is 2.22. The molecule has 2 heterocycles. The Labute approximate surface area is 167 Å². The lowest BCUT2D eigenvalue weighted by atomic mass is 9.96. The Morgan fingerprint density at radius 3 is 2.52 bits per heavy atom. The number of hydrogen-bond donors (Lipinski definition) is 0. The third kappa shape index (κ3) is 4.18. The molecule has 150 valence electrons. The second kappa shape index (κ2) is 8.26. The van der Waals surface area contributed by atoms with Crippen molar-refractivity contribution in [1.29, 1.82) is 0 Å². The van der Waals surface area contributed by atoms with Crippen molar-refractivity contribution in [3.63, 3.8) is 0 Å². The molecule has 0 aliphatic carbocycles. The van der Waals surface area contributed by atoms with Crippen LogP contribution in [0.1, 0.15) is 26.3 Å². The van der Waals surface area contributed by atoms with Crippen molar-refractivity contribution < 1.29 is 23.5 Å². The van der Waals surface area contributed by atoms with Gasteiger partial charge < -0.3 is 14.1 Å². The van der Waals surface area contributed by atoms with Crippen molar-refractivity contribution in [1.82, 2.24) is 0 Å². The van der Waals surface area contributed by atoms with Crippen molar-refractivity contribution in [2.75, 3.05) is 18.0 Å². The average molecular weight is 395 g/mol. The van der Waals surface area contributed by atoms with E-state index in [2.05, 4.69) is 4.90 Å². The summed E-state index contributed by atoms with van der Waals surface area (Å²) in [5.74, 6) is -3.70. The molecule has 1 aromatic carbocycles. The van der Waals surface area contributed by atoms with Gasteiger partial charge in [-0.1, -0.05) is 0 Å². The first-order valence-electron chi connectivity index (χ1n) is 9.32. The molecule has 1 aliphatic heterocycles. The first-order valence-corrected chi connectivity index (χ1v) is 9.32. The lowest BCUT2D eigenvalue weighted by molar-refractivity contribution is -0.151. The smallest absolute Gasteiger partial charge is 0.343 e. The van der Waals surface area contributed by atoms with E-state index in [1.54, 1.807) is 12.1 Å². The van der Waals surface area contributed by atoms with E-state index < -0.39 is 29.1 Å². The molecule has 7 heteroatoms. The summed E-state index contributed by atoms with van der Waals surface area (Å²) in [5.41, 5.74) is 0.910. The topological polar surface area (TPSA) is 93.9 Å². The van der Waals surface area contributed by atoms with Gasteiger partial charge >= 0.3 is 11.6 Å². The SMILES string of the molecule is CCN(CC)c1ccc2cc(/C=C/C(=O)C3C(=O)C=C(C)OC3=O)c(=O)oc2c1. The number of carbonyl (C=O) groups is 3. The third-order valence-corrected chi connectivity index (χ3v) is 4.71. The van der Waals surface area contributed by atoms with E-state index in [1.165, 1.54) is 13.0 Å². The number of allylic oxidation sites excluding steroid dienone is 3. The molecule has 7 nitrogen and oxygen atoms in total. The fourth-order valence-corrected chi connectivity index (χ4v) is 3.19. The molecule has 1 unspecified atom stereocenters. The average Bonchev–Trinajstić information content (AvgIpc) is 2.66. The van der Waals surface area contributed by atoms with Gasteiger partial charge in [-0.15, -0.1) is 0 Å². The van der Waals surface area contributed by atoms with Crippen molar-refractivity contribution in [3.05, 3.63) is 58.2 Å². The molecular formula is C22H21NO6. The predicted octanol–water partition coefficient (Wildman–Crippen LogP) is 2.87. The van der Waals surface area contributed by atoms with Gasteiger partial charge in [0.05, 0.1) is 5.56 Å². The first-order chi connectivity index (χ1) is 13.8. The minimum Gasteiger partial charge on any atom is -0.430 e. The van der Waals surface area contributed by atoms with Gasteiger partial charge in [-0.05, 0) is 51.1 Å². The minimum atomic E-state index is -1.54. The number of carbonyl (C=O) groups excluding carboxylic acids is 3. The molecule has 0 saturated heterocycles. The van der Waals surface area contributed by atoms with E-state index >= 15 is 0 Å². The third-order valence-electron chi connectivity index (χ3n) is 4.71. The number of anilines is 1. The number of cyclic esters (lactones) is 1. The normalized spacial score (nSPS) is 16.8. The summed E-state index contributed by atoms with van der Waals surface area (Å²) in [4.78, 5) is 50.5. The van der Waals surface area contributed by atoms with Gasteiger partial charge in [0, 0.05) is 36.3 Å². The number of esters is 1. The molecule has 1 atom stereocenters. The van der Waals surface area contributed by atoms with E-state index in [4.69, 9.17) is 9.15 Å². The number of rotatable bonds is 6. The predicted molar refractivity (Wildman–Crippen MR) is 108 cm³/mol. The van der Waals surface area contributed by atoms with Gasteiger partial charge in [0.15, 0.2) is 17.5 Å². The molecule has 0 amide bonds. The highest BCUT2D eigenvalue weighted by atomic mass is 16.5. The Morgan fingerprint density at radius 1 is 1.14 bits per heavy atom. The maximum atomic E-state index is 12.3. The van der Waals surface area contributed by atoms with E-state index in [9.17, 15) is 19.2 Å². The Hall–Kier alpha value is -3.48. The van der Waals surface area contributed by atoms with Crippen LogP contribution in [0.2, 0.25) is 0 Å². The molecule has 0 radical (unpaired) electrons. The van der Waals surface area contributed by atoms with Gasteiger partial charge in [0.25, 0.3) is 0 Å². The van der Waals surface area contributed by atoms with Crippen molar-refractivity contribution in [2.45, 2.75) is 20.8 Å². The summed E-state index contributed by atoms with van der Waals surface area (Å²) >= 11 is 0. The minimum absolute atomic E-state index is 0.143. The van der Waals surface area contributed by atoms with Gasteiger partial charge in [-0.2, -0.15) is 0 Å². The number of hydrogen-bond acceptors (Lipinski definition) is 7. The van der Waals surface area contributed by atoms with Crippen LogP contribution in [0.15, 0.2) is 51.4 Å². The first kappa shape index (κ1) is 20.3. The summed E-state index contributed by atoms with van der Waals surface area (Å²) < 4.78 is 10.2. The van der Waals surface area contributed by atoms with Crippen LogP contribution in [0.4, 0.5) is 5.69 Å². The highest BCUT2D eigenvalue weighted by molar-refractivity contribution is 6.25. The summed E-state index contributed by atoms with van der Waals surface area (Å²) in [6.07, 6.45) is 3.38. The maximum absolute atomic E-state index is 12.3. The Kier molecular flexibility index (Phi) is 5.77. The standard InChI is InChI=1S/C22H21NO6/c1-4-23(5-2)16-8-6-14-11-15(21(26)29-19(14)12-16)7-9-17(24)20-18(25)10-13(3)28-22(20)27/h6-12,20H,4-5H2,1-3H3/b9-7+. The Balaban J connectivity index is 1.88. The van der Waals surface area contributed by atoms with Crippen molar-refractivity contribution in [2.24, 2.45) is 5.92 Å². The zero-order valence-electron chi connectivity index (χ0n) is 16.4. The van der Waals surface area contributed by atoms with Crippen LogP contribution in [-0.2, 0) is 19.1 Å². The molecule has 1 aliphatic rings. The van der Waals surface area contributed by atoms with E-state index in [1.807, 2.05) is 26.0 Å². The second-order valence-corrected chi connectivity index (χ2v) is 6.63. The Bertz CT molecular complexity index is 1100. The zero-order valence-corrected chi connectivity index (χ0v) is 16.4. The van der Waals surface area contributed by atoms with Gasteiger partial charge in [-0.25, -0.2) is 4.79 Å². The van der Waals surface area contributed by atoms with Gasteiger partial charge in [0.2, 0.25) is 0 Å². The van der Waals surface area contributed by atoms with Crippen LogP contribution in [0.3, 0.4) is 0 Å². The van der Waals surface area contributed by atoms with E-state index in [0.717, 1.165) is 30.9 Å². The van der Waals surface area contributed by atoms with E-state index in [-0.39, 0.29) is 11.3 Å². The van der Waals surface area contributed by atoms with Crippen LogP contribution in [0.25, 0.3) is 17.0 Å². The summed E-state index contributed by atoms with van der Waals surface area (Å²) in [6, 6.07) is 7.16. The molecule has 29 heavy (non-hydrogen) atoms. The molecular weight excluding hydrogens is 374 g/mol. The monoisotopic (exact) mass is 395 g/mol. The number of benzene rings is 1. The molecule has 3 rings (SSSR count). The summed E-state index contributed by atoms with van der Waals surface area (Å²) in [6.45, 7) is 7.19. The van der Waals surface area contributed by atoms with Crippen molar-refractivity contribution >= 4 is 40.3 Å². The lowest BCUT2D eigenvalue weighted by Gasteiger charge is -2.20. The molecule has 1 aromatic heterocycles.